The van der Waals surface area contributed by atoms with Crippen molar-refractivity contribution in [2.24, 2.45) is 0 Å². The molecule has 1 unspecified atom stereocenters. The van der Waals surface area contributed by atoms with Gasteiger partial charge in [0.2, 0.25) is 5.91 Å². The van der Waals surface area contributed by atoms with E-state index in [-0.39, 0.29) is 18.2 Å². The maximum atomic E-state index is 13.5. The summed E-state index contributed by atoms with van der Waals surface area (Å²) in [4.78, 5) is 31.2. The van der Waals surface area contributed by atoms with E-state index >= 15 is 0 Å². The molecule has 1 atom stereocenters. The van der Waals surface area contributed by atoms with Gasteiger partial charge in [0.1, 0.15) is 11.8 Å². The highest BCUT2D eigenvalue weighted by Gasteiger charge is 2.43. The number of ether oxygens (including phenoxy) is 1. The van der Waals surface area contributed by atoms with Crippen LogP contribution in [0.15, 0.2) is 60.0 Å². The summed E-state index contributed by atoms with van der Waals surface area (Å²) in [5.41, 5.74) is 3.70. The number of carbonyl (C=O) groups excluding carboxylic acids is 2. The molecule has 1 N–H and O–H groups in total. The smallest absolute Gasteiger partial charge is 0.256 e. The van der Waals surface area contributed by atoms with E-state index in [0.29, 0.717) is 24.0 Å². The average Bonchev–Trinajstić information content (AvgIpc) is 3.34. The third-order valence-electron chi connectivity index (χ3n) is 5.99. The highest BCUT2D eigenvalue weighted by Crippen LogP contribution is 2.29. The normalized spacial score (nSPS) is 15.6. The minimum absolute atomic E-state index is 0.0119. The fourth-order valence-corrected chi connectivity index (χ4v) is 5.40. The van der Waals surface area contributed by atoms with E-state index in [1.807, 2.05) is 55.1 Å². The van der Waals surface area contributed by atoms with Crippen LogP contribution < -0.4 is 15.0 Å². The Hall–Kier alpha value is -3.23. The van der Waals surface area contributed by atoms with E-state index in [0.717, 1.165) is 23.4 Å². The topological polar surface area (TPSA) is 61.9 Å². The first kappa shape index (κ1) is 24.9. The zero-order valence-electron chi connectivity index (χ0n) is 20.1. The van der Waals surface area contributed by atoms with Gasteiger partial charge in [0.05, 0.1) is 18.7 Å². The highest BCUT2D eigenvalue weighted by atomic mass is 32.1. The molecular weight excluding hydrogens is 478 g/mol. The van der Waals surface area contributed by atoms with Crippen LogP contribution in [0.4, 0.5) is 11.4 Å². The molecule has 8 heteroatoms. The van der Waals surface area contributed by atoms with E-state index in [1.54, 1.807) is 28.4 Å². The predicted molar refractivity (Wildman–Crippen MR) is 145 cm³/mol. The van der Waals surface area contributed by atoms with Crippen LogP contribution in [0.1, 0.15) is 29.3 Å². The Morgan fingerprint density at radius 3 is 2.43 bits per heavy atom. The fourth-order valence-electron chi connectivity index (χ4n) is 4.09. The number of hydrogen-bond acceptors (Lipinski definition) is 5. The number of hydrogen-bond donors (Lipinski definition) is 1. The Kier molecular flexibility index (Phi) is 7.83. The first-order valence-corrected chi connectivity index (χ1v) is 12.9. The standard InChI is InChI=1S/C27H29N3O3S2/c1-4-33-22-11-7-20(8-12-22)28-25(31)17-23-26(32)30(21-9-5-18(2)6-10-21)27(34)29(23)15-13-24-19(3)14-16-35-24/h5-12,14,16,23H,4,13,15,17H2,1-3H3,(H,28,31). The van der Waals surface area contributed by atoms with Crippen molar-refractivity contribution in [1.82, 2.24) is 4.90 Å². The van der Waals surface area contributed by atoms with Gasteiger partial charge in [-0.2, -0.15) is 0 Å². The van der Waals surface area contributed by atoms with E-state index in [4.69, 9.17) is 17.0 Å². The minimum atomic E-state index is -0.660. The van der Waals surface area contributed by atoms with Crippen molar-refractivity contribution in [3.8, 4) is 5.75 Å². The van der Waals surface area contributed by atoms with Crippen LogP contribution in [0.5, 0.6) is 5.75 Å². The molecule has 0 aliphatic carbocycles. The van der Waals surface area contributed by atoms with Crippen LogP contribution in [0, 0.1) is 13.8 Å². The van der Waals surface area contributed by atoms with Gasteiger partial charge in [-0.1, -0.05) is 17.7 Å². The Morgan fingerprint density at radius 1 is 1.09 bits per heavy atom. The summed E-state index contributed by atoms with van der Waals surface area (Å²) in [5.74, 6) is 0.326. The quantitative estimate of drug-likeness (QED) is 0.396. The lowest BCUT2D eigenvalue weighted by molar-refractivity contribution is -0.124. The van der Waals surface area contributed by atoms with Gasteiger partial charge in [-0.3, -0.25) is 14.5 Å². The van der Waals surface area contributed by atoms with Gasteiger partial charge in [-0.15, -0.1) is 11.3 Å². The number of carbonyl (C=O) groups is 2. The highest BCUT2D eigenvalue weighted by molar-refractivity contribution is 7.80. The Bertz CT molecular complexity index is 1210. The second-order valence-corrected chi connectivity index (χ2v) is 9.85. The molecule has 2 heterocycles. The third kappa shape index (κ3) is 5.71. The number of thiophene rings is 1. The molecule has 1 aliphatic heterocycles. The lowest BCUT2D eigenvalue weighted by atomic mass is 10.1. The van der Waals surface area contributed by atoms with Crippen LogP contribution >= 0.6 is 23.6 Å². The summed E-state index contributed by atoms with van der Waals surface area (Å²) in [6, 6.07) is 16.3. The number of nitrogens with one attached hydrogen (secondary N) is 1. The molecule has 0 spiro atoms. The van der Waals surface area contributed by atoms with Crippen molar-refractivity contribution in [2.45, 2.75) is 39.7 Å². The van der Waals surface area contributed by atoms with Crippen molar-refractivity contribution in [3.05, 3.63) is 76.0 Å². The zero-order valence-corrected chi connectivity index (χ0v) is 21.7. The monoisotopic (exact) mass is 507 g/mol. The van der Waals surface area contributed by atoms with E-state index in [2.05, 4.69) is 23.7 Å². The molecule has 1 saturated heterocycles. The Morgan fingerprint density at radius 2 is 1.80 bits per heavy atom. The lowest BCUT2D eigenvalue weighted by Gasteiger charge is -2.24. The Labute approximate surface area is 215 Å². The molecule has 1 aromatic heterocycles. The second-order valence-electron chi connectivity index (χ2n) is 8.49. The van der Waals surface area contributed by atoms with Crippen LogP contribution in [-0.2, 0) is 16.0 Å². The van der Waals surface area contributed by atoms with Crippen molar-refractivity contribution >= 4 is 51.9 Å². The van der Waals surface area contributed by atoms with Crippen molar-refractivity contribution in [3.63, 3.8) is 0 Å². The van der Waals surface area contributed by atoms with Gasteiger partial charge in [0.15, 0.2) is 5.11 Å². The van der Waals surface area contributed by atoms with Crippen molar-refractivity contribution in [2.75, 3.05) is 23.4 Å². The molecule has 4 rings (SSSR count). The molecule has 182 valence electrons. The van der Waals surface area contributed by atoms with E-state index < -0.39 is 6.04 Å². The van der Waals surface area contributed by atoms with Crippen LogP contribution in [0.25, 0.3) is 0 Å². The molecule has 1 aliphatic rings. The predicted octanol–water partition coefficient (Wildman–Crippen LogP) is 5.34. The summed E-state index contributed by atoms with van der Waals surface area (Å²) in [7, 11) is 0. The SMILES string of the molecule is CCOc1ccc(NC(=O)CC2C(=O)N(c3ccc(C)cc3)C(=S)N2CCc2sccc2C)cc1. The molecule has 0 saturated carbocycles. The van der Waals surface area contributed by atoms with Crippen LogP contribution in [0.3, 0.4) is 0 Å². The molecule has 2 amide bonds. The lowest BCUT2D eigenvalue weighted by Crippen LogP contribution is -2.39. The minimum Gasteiger partial charge on any atom is -0.494 e. The summed E-state index contributed by atoms with van der Waals surface area (Å²) in [6.45, 7) is 7.14. The number of anilines is 2. The molecule has 0 radical (unpaired) electrons. The summed E-state index contributed by atoms with van der Waals surface area (Å²) >= 11 is 7.47. The third-order valence-corrected chi connectivity index (χ3v) is 7.49. The van der Waals surface area contributed by atoms with Crippen LogP contribution in [0.2, 0.25) is 0 Å². The molecule has 3 aromatic rings. The van der Waals surface area contributed by atoms with Crippen LogP contribution in [-0.4, -0.2) is 41.0 Å². The molecule has 0 bridgehead atoms. The van der Waals surface area contributed by atoms with E-state index in [9.17, 15) is 9.59 Å². The van der Waals surface area contributed by atoms with Crippen molar-refractivity contribution < 1.29 is 14.3 Å². The van der Waals surface area contributed by atoms with Gasteiger partial charge in [0.25, 0.3) is 5.91 Å². The average molecular weight is 508 g/mol. The van der Waals surface area contributed by atoms with Gasteiger partial charge in [-0.05, 0) is 92.8 Å². The summed E-state index contributed by atoms with van der Waals surface area (Å²) in [6.07, 6.45) is 0.771. The maximum absolute atomic E-state index is 13.5. The number of amides is 2. The van der Waals surface area contributed by atoms with Crippen molar-refractivity contribution in [1.29, 1.82) is 0 Å². The molecule has 1 fully saturated rings. The first-order valence-electron chi connectivity index (χ1n) is 11.6. The van der Waals surface area contributed by atoms with Gasteiger partial charge < -0.3 is 15.0 Å². The molecular formula is C27H29N3O3S2. The zero-order chi connectivity index (χ0) is 24.9. The number of nitrogens with zero attached hydrogens (tertiary/aromatic N) is 2. The van der Waals surface area contributed by atoms with Gasteiger partial charge >= 0.3 is 0 Å². The van der Waals surface area contributed by atoms with E-state index in [1.165, 1.54) is 10.4 Å². The Balaban J connectivity index is 1.52. The molecule has 2 aromatic carbocycles. The van der Waals surface area contributed by atoms with Gasteiger partial charge in [0, 0.05) is 17.1 Å². The number of aryl methyl sites for hydroxylation is 2. The van der Waals surface area contributed by atoms with Gasteiger partial charge in [-0.25, -0.2) is 0 Å². The second kappa shape index (κ2) is 11.0. The first-order chi connectivity index (χ1) is 16.9. The largest absolute Gasteiger partial charge is 0.494 e. The number of thiocarbonyl (C=S) groups is 1. The molecule has 6 nitrogen and oxygen atoms in total. The number of rotatable bonds is 9. The molecule has 35 heavy (non-hydrogen) atoms. The number of benzene rings is 2. The maximum Gasteiger partial charge on any atom is 0.256 e. The fraction of sp³-hybridized carbons (Fsp3) is 0.296. The summed E-state index contributed by atoms with van der Waals surface area (Å²) in [5, 5.41) is 5.41. The summed E-state index contributed by atoms with van der Waals surface area (Å²) < 4.78 is 5.46.